The van der Waals surface area contributed by atoms with E-state index in [0.717, 1.165) is 31.9 Å². The van der Waals surface area contributed by atoms with E-state index in [2.05, 4.69) is 54.9 Å². The molecule has 3 heteroatoms. The molecular formula is C17H23NOS. The number of thiophene rings is 1. The quantitative estimate of drug-likeness (QED) is 0.774. The first-order chi connectivity index (χ1) is 9.75. The highest BCUT2D eigenvalue weighted by molar-refractivity contribution is 7.09. The SMILES string of the molecule is CC(C)CCOc1ccccc1CNCc1cccs1. The van der Waals surface area contributed by atoms with Gasteiger partial charge in [0.25, 0.3) is 0 Å². The van der Waals surface area contributed by atoms with Gasteiger partial charge in [0.15, 0.2) is 0 Å². The lowest BCUT2D eigenvalue weighted by Gasteiger charge is -2.13. The van der Waals surface area contributed by atoms with Crippen LogP contribution in [0, 0.1) is 5.92 Å². The van der Waals surface area contributed by atoms with E-state index >= 15 is 0 Å². The Morgan fingerprint density at radius 1 is 1.10 bits per heavy atom. The molecule has 20 heavy (non-hydrogen) atoms. The maximum atomic E-state index is 5.90. The summed E-state index contributed by atoms with van der Waals surface area (Å²) in [4.78, 5) is 1.36. The van der Waals surface area contributed by atoms with Crippen molar-refractivity contribution in [2.75, 3.05) is 6.61 Å². The summed E-state index contributed by atoms with van der Waals surface area (Å²) in [6, 6.07) is 12.5. The number of para-hydroxylation sites is 1. The molecule has 1 heterocycles. The summed E-state index contributed by atoms with van der Waals surface area (Å²) in [7, 11) is 0. The van der Waals surface area contributed by atoms with Crippen LogP contribution < -0.4 is 10.1 Å². The first-order valence-electron chi connectivity index (χ1n) is 7.19. The Morgan fingerprint density at radius 2 is 1.95 bits per heavy atom. The smallest absolute Gasteiger partial charge is 0.123 e. The summed E-state index contributed by atoms with van der Waals surface area (Å²) in [6.07, 6.45) is 1.09. The van der Waals surface area contributed by atoms with Crippen LogP contribution in [0.5, 0.6) is 5.75 Å². The van der Waals surface area contributed by atoms with Crippen molar-refractivity contribution in [3.05, 3.63) is 52.2 Å². The van der Waals surface area contributed by atoms with E-state index in [1.807, 2.05) is 6.07 Å². The second kappa shape index (κ2) is 8.08. The van der Waals surface area contributed by atoms with Crippen LogP contribution in [0.2, 0.25) is 0 Å². The fraction of sp³-hybridized carbons (Fsp3) is 0.412. The van der Waals surface area contributed by atoms with Crippen LogP contribution in [0.1, 0.15) is 30.7 Å². The van der Waals surface area contributed by atoms with E-state index in [-0.39, 0.29) is 0 Å². The highest BCUT2D eigenvalue weighted by Gasteiger charge is 2.03. The van der Waals surface area contributed by atoms with Crippen molar-refractivity contribution in [2.45, 2.75) is 33.4 Å². The molecule has 0 aliphatic carbocycles. The third-order valence-electron chi connectivity index (χ3n) is 3.12. The summed E-state index contributed by atoms with van der Waals surface area (Å²) in [5, 5.41) is 5.59. The maximum Gasteiger partial charge on any atom is 0.123 e. The zero-order valence-corrected chi connectivity index (χ0v) is 13.1. The Kier molecular flexibility index (Phi) is 6.09. The molecule has 1 aromatic carbocycles. The number of ether oxygens (including phenoxy) is 1. The van der Waals surface area contributed by atoms with Gasteiger partial charge in [0.05, 0.1) is 6.61 Å². The van der Waals surface area contributed by atoms with Crippen molar-refractivity contribution >= 4 is 11.3 Å². The molecule has 2 aromatic rings. The molecule has 1 N–H and O–H groups in total. The fourth-order valence-electron chi connectivity index (χ4n) is 1.93. The van der Waals surface area contributed by atoms with E-state index in [9.17, 15) is 0 Å². The van der Waals surface area contributed by atoms with Gasteiger partial charge in [-0.2, -0.15) is 0 Å². The van der Waals surface area contributed by atoms with Crippen LogP contribution >= 0.6 is 11.3 Å². The molecule has 0 spiro atoms. The molecular weight excluding hydrogens is 266 g/mol. The average Bonchev–Trinajstić information content (AvgIpc) is 2.93. The third kappa shape index (κ3) is 4.99. The van der Waals surface area contributed by atoms with Crippen molar-refractivity contribution < 1.29 is 4.74 Å². The van der Waals surface area contributed by atoms with Gasteiger partial charge in [-0.25, -0.2) is 0 Å². The molecule has 2 nitrogen and oxygen atoms in total. The van der Waals surface area contributed by atoms with Crippen LogP contribution in [0.3, 0.4) is 0 Å². The number of nitrogens with one attached hydrogen (secondary N) is 1. The summed E-state index contributed by atoms with van der Waals surface area (Å²) in [6.45, 7) is 6.99. The van der Waals surface area contributed by atoms with Gasteiger partial charge in [-0.15, -0.1) is 11.3 Å². The van der Waals surface area contributed by atoms with Gasteiger partial charge in [-0.05, 0) is 29.9 Å². The average molecular weight is 289 g/mol. The predicted octanol–water partition coefficient (Wildman–Crippen LogP) is 4.46. The monoisotopic (exact) mass is 289 g/mol. The van der Waals surface area contributed by atoms with Crippen LogP contribution in [0.4, 0.5) is 0 Å². The fourth-order valence-corrected chi connectivity index (χ4v) is 2.60. The van der Waals surface area contributed by atoms with Crippen molar-refractivity contribution in [1.82, 2.24) is 5.32 Å². The van der Waals surface area contributed by atoms with Crippen molar-refractivity contribution in [3.8, 4) is 5.75 Å². The minimum Gasteiger partial charge on any atom is -0.493 e. The summed E-state index contributed by atoms with van der Waals surface area (Å²) >= 11 is 1.79. The second-order valence-corrected chi connectivity index (χ2v) is 6.35. The van der Waals surface area contributed by atoms with Gasteiger partial charge in [0, 0.05) is 23.5 Å². The highest BCUT2D eigenvalue weighted by Crippen LogP contribution is 2.19. The van der Waals surface area contributed by atoms with Gasteiger partial charge in [-0.3, -0.25) is 0 Å². The van der Waals surface area contributed by atoms with Crippen LogP contribution in [-0.2, 0) is 13.1 Å². The van der Waals surface area contributed by atoms with Crippen molar-refractivity contribution in [1.29, 1.82) is 0 Å². The predicted molar refractivity (Wildman–Crippen MR) is 86.3 cm³/mol. The van der Waals surface area contributed by atoms with E-state index in [0.29, 0.717) is 5.92 Å². The highest BCUT2D eigenvalue weighted by atomic mass is 32.1. The zero-order valence-electron chi connectivity index (χ0n) is 12.3. The van der Waals surface area contributed by atoms with Gasteiger partial charge < -0.3 is 10.1 Å². The Balaban J connectivity index is 1.83. The minimum absolute atomic E-state index is 0.680. The van der Waals surface area contributed by atoms with E-state index in [4.69, 9.17) is 4.74 Å². The molecule has 108 valence electrons. The molecule has 0 amide bonds. The van der Waals surface area contributed by atoms with Crippen LogP contribution in [0.15, 0.2) is 41.8 Å². The molecule has 0 radical (unpaired) electrons. The minimum atomic E-state index is 0.680. The summed E-state index contributed by atoms with van der Waals surface area (Å²) in [5.41, 5.74) is 1.23. The molecule has 0 bridgehead atoms. The molecule has 0 unspecified atom stereocenters. The lowest BCUT2D eigenvalue weighted by molar-refractivity contribution is 0.286. The molecule has 0 atom stereocenters. The Hall–Kier alpha value is -1.32. The normalized spacial score (nSPS) is 10.9. The third-order valence-corrected chi connectivity index (χ3v) is 4.00. The topological polar surface area (TPSA) is 21.3 Å². The number of rotatable bonds is 8. The van der Waals surface area contributed by atoms with E-state index < -0.39 is 0 Å². The summed E-state index contributed by atoms with van der Waals surface area (Å²) in [5.74, 6) is 1.69. The van der Waals surface area contributed by atoms with Crippen LogP contribution in [0.25, 0.3) is 0 Å². The second-order valence-electron chi connectivity index (χ2n) is 5.32. The van der Waals surface area contributed by atoms with Crippen molar-refractivity contribution in [3.63, 3.8) is 0 Å². The van der Waals surface area contributed by atoms with Gasteiger partial charge in [0.1, 0.15) is 5.75 Å². The molecule has 2 rings (SSSR count). The molecule has 1 aromatic heterocycles. The number of hydrogen-bond acceptors (Lipinski definition) is 3. The Labute approximate surface area is 125 Å². The number of hydrogen-bond donors (Lipinski definition) is 1. The Morgan fingerprint density at radius 3 is 2.70 bits per heavy atom. The number of benzene rings is 1. The Bertz CT molecular complexity index is 493. The first kappa shape index (κ1) is 15.1. The lowest BCUT2D eigenvalue weighted by Crippen LogP contribution is -2.13. The first-order valence-corrected chi connectivity index (χ1v) is 8.07. The molecule has 0 saturated carbocycles. The van der Waals surface area contributed by atoms with E-state index in [1.165, 1.54) is 10.4 Å². The molecule has 0 saturated heterocycles. The van der Waals surface area contributed by atoms with Crippen LogP contribution in [-0.4, -0.2) is 6.61 Å². The van der Waals surface area contributed by atoms with Crippen molar-refractivity contribution in [2.24, 2.45) is 5.92 Å². The summed E-state index contributed by atoms with van der Waals surface area (Å²) < 4.78 is 5.90. The standard InChI is InChI=1S/C17H23NOS/c1-14(2)9-10-19-17-8-4-3-6-15(17)12-18-13-16-7-5-11-20-16/h3-8,11,14,18H,9-10,12-13H2,1-2H3. The van der Waals surface area contributed by atoms with E-state index in [1.54, 1.807) is 11.3 Å². The maximum absolute atomic E-state index is 5.90. The molecule has 0 fully saturated rings. The largest absolute Gasteiger partial charge is 0.493 e. The zero-order chi connectivity index (χ0) is 14.2. The van der Waals surface area contributed by atoms with Gasteiger partial charge >= 0.3 is 0 Å². The molecule has 0 aliphatic rings. The van der Waals surface area contributed by atoms with Gasteiger partial charge in [0.2, 0.25) is 0 Å². The lowest BCUT2D eigenvalue weighted by atomic mass is 10.1. The molecule has 0 aliphatic heterocycles. The van der Waals surface area contributed by atoms with Gasteiger partial charge in [-0.1, -0.05) is 38.1 Å².